The predicted octanol–water partition coefficient (Wildman–Crippen LogP) is 2.51. The van der Waals surface area contributed by atoms with E-state index in [1.54, 1.807) is 12.1 Å². The number of carbonyl (C=O) groups excluding carboxylic acids is 1. The molecule has 1 heterocycles. The average molecular weight is 319 g/mol. The normalized spacial score (nSPS) is 13.3. The molecule has 1 aliphatic heterocycles. The van der Waals surface area contributed by atoms with Crippen molar-refractivity contribution in [3.05, 3.63) is 63.9 Å². The quantitative estimate of drug-likeness (QED) is 0.696. The van der Waals surface area contributed by atoms with Crippen LogP contribution in [0.15, 0.2) is 36.4 Å². The van der Waals surface area contributed by atoms with Crippen molar-refractivity contribution >= 4 is 30.0 Å². The summed E-state index contributed by atoms with van der Waals surface area (Å²) >= 11 is 5.90. The highest BCUT2D eigenvalue weighted by atomic mass is 35.5. The van der Waals surface area contributed by atoms with Gasteiger partial charge in [-0.1, -0.05) is 23.7 Å². The zero-order chi connectivity index (χ0) is 15.7. The molecule has 0 radical (unpaired) electrons. The summed E-state index contributed by atoms with van der Waals surface area (Å²) in [5, 5.41) is 10.3. The second-order valence-electron chi connectivity index (χ2n) is 5.25. The molecule has 0 aromatic heterocycles. The monoisotopic (exact) mass is 318 g/mol. The first-order valence-corrected chi connectivity index (χ1v) is 7.32. The van der Waals surface area contributed by atoms with Gasteiger partial charge in [-0.2, -0.15) is 0 Å². The number of rotatable bonds is 4. The van der Waals surface area contributed by atoms with E-state index in [0.717, 1.165) is 5.56 Å². The summed E-state index contributed by atoms with van der Waals surface area (Å²) in [7, 11) is -1.09. The first kappa shape index (κ1) is 15.2. The minimum Gasteiger partial charge on any atom is -0.423 e. The molecule has 0 aliphatic carbocycles. The Balaban J connectivity index is 1.77. The van der Waals surface area contributed by atoms with Crippen molar-refractivity contribution in [2.75, 3.05) is 0 Å². The number of ketones is 1. The molecule has 22 heavy (non-hydrogen) atoms. The second kappa shape index (κ2) is 6.20. The highest BCUT2D eigenvalue weighted by Gasteiger charge is 2.29. The van der Waals surface area contributed by atoms with Crippen molar-refractivity contribution < 1.29 is 18.9 Å². The van der Waals surface area contributed by atoms with Crippen molar-refractivity contribution in [1.29, 1.82) is 0 Å². The summed E-state index contributed by atoms with van der Waals surface area (Å²) in [4.78, 5) is 12.2. The van der Waals surface area contributed by atoms with E-state index in [1.165, 1.54) is 12.1 Å². The number of hydrogen-bond acceptors (Lipinski definition) is 3. The van der Waals surface area contributed by atoms with Gasteiger partial charge in [-0.15, -0.1) is 0 Å². The van der Waals surface area contributed by atoms with Crippen LogP contribution in [-0.4, -0.2) is 17.9 Å². The van der Waals surface area contributed by atoms with Crippen LogP contribution in [0.3, 0.4) is 0 Å². The molecule has 2 aromatic carbocycles. The minimum atomic E-state index is -1.09. The van der Waals surface area contributed by atoms with Gasteiger partial charge in [0.05, 0.1) is 12.2 Å². The molecular weight excluding hydrogens is 305 g/mol. The lowest BCUT2D eigenvalue weighted by Crippen LogP contribution is -2.29. The molecule has 0 atom stereocenters. The third-order valence-corrected chi connectivity index (χ3v) is 3.96. The number of carbonyl (C=O) groups is 1. The fourth-order valence-corrected chi connectivity index (χ4v) is 2.76. The van der Waals surface area contributed by atoms with Gasteiger partial charge in [0.1, 0.15) is 5.82 Å². The maximum Gasteiger partial charge on any atom is 0.491 e. The Morgan fingerprint density at radius 2 is 2.18 bits per heavy atom. The van der Waals surface area contributed by atoms with Crippen LogP contribution in [-0.2, 0) is 17.7 Å². The van der Waals surface area contributed by atoms with Gasteiger partial charge in [-0.05, 0) is 47.3 Å². The first-order valence-electron chi connectivity index (χ1n) is 6.94. The number of Topliss-reactive ketones (excluding diaryl/α,β-unsaturated/α-hetero) is 1. The summed E-state index contributed by atoms with van der Waals surface area (Å²) in [6.07, 6.45) is 0.655. The van der Waals surface area contributed by atoms with E-state index in [-0.39, 0.29) is 24.4 Å². The molecule has 3 nitrogen and oxygen atoms in total. The minimum absolute atomic E-state index is 0.00896. The third kappa shape index (κ3) is 3.07. The van der Waals surface area contributed by atoms with E-state index in [2.05, 4.69) is 0 Å². The smallest absolute Gasteiger partial charge is 0.423 e. The molecule has 3 rings (SSSR count). The van der Waals surface area contributed by atoms with Gasteiger partial charge in [0.2, 0.25) is 0 Å². The lowest BCUT2D eigenvalue weighted by molar-refractivity contribution is 0.0979. The van der Waals surface area contributed by atoms with Gasteiger partial charge in [0.25, 0.3) is 0 Å². The highest BCUT2D eigenvalue weighted by molar-refractivity contribution is 6.61. The topological polar surface area (TPSA) is 46.5 Å². The van der Waals surface area contributed by atoms with E-state index in [9.17, 15) is 14.2 Å². The zero-order valence-corrected chi connectivity index (χ0v) is 12.4. The molecule has 0 saturated carbocycles. The fraction of sp³-hybridized carbons (Fsp3) is 0.188. The molecule has 1 aliphatic rings. The Kier molecular flexibility index (Phi) is 4.29. The van der Waals surface area contributed by atoms with E-state index >= 15 is 0 Å². The van der Waals surface area contributed by atoms with Crippen LogP contribution in [0.1, 0.15) is 27.9 Å². The molecule has 0 bridgehead atoms. The van der Waals surface area contributed by atoms with Gasteiger partial charge < -0.3 is 9.68 Å². The summed E-state index contributed by atoms with van der Waals surface area (Å²) in [6, 6.07) is 9.88. The summed E-state index contributed by atoms with van der Waals surface area (Å²) < 4.78 is 19.1. The van der Waals surface area contributed by atoms with Gasteiger partial charge >= 0.3 is 7.12 Å². The summed E-state index contributed by atoms with van der Waals surface area (Å²) in [5.74, 6) is -0.882. The Morgan fingerprint density at radius 1 is 1.36 bits per heavy atom. The van der Waals surface area contributed by atoms with Crippen molar-refractivity contribution in [3.8, 4) is 0 Å². The van der Waals surface area contributed by atoms with E-state index in [1.807, 2.05) is 12.1 Å². The Labute approximate surface area is 132 Å². The number of benzene rings is 2. The second-order valence-corrected chi connectivity index (χ2v) is 5.68. The lowest BCUT2D eigenvalue weighted by atomic mass is 9.78. The van der Waals surface area contributed by atoms with Crippen molar-refractivity contribution in [2.45, 2.75) is 19.4 Å². The number of aryl methyl sites for hydroxylation is 1. The lowest BCUT2D eigenvalue weighted by Gasteiger charge is -2.06. The van der Waals surface area contributed by atoms with Crippen LogP contribution in [0.4, 0.5) is 4.39 Å². The molecule has 6 heteroatoms. The molecule has 112 valence electrons. The first-order chi connectivity index (χ1) is 10.5. The van der Waals surface area contributed by atoms with Crippen LogP contribution < -0.4 is 5.46 Å². The Hall–Kier alpha value is -1.69. The molecule has 0 spiro atoms. The number of halogens is 2. The predicted molar refractivity (Wildman–Crippen MR) is 82.9 cm³/mol. The van der Waals surface area contributed by atoms with Crippen LogP contribution >= 0.6 is 11.6 Å². The van der Waals surface area contributed by atoms with Crippen LogP contribution in [0.25, 0.3) is 0 Å². The molecule has 0 saturated heterocycles. The van der Waals surface area contributed by atoms with Gasteiger partial charge in [0, 0.05) is 11.4 Å². The summed E-state index contributed by atoms with van der Waals surface area (Å²) in [5.41, 5.74) is 1.96. The van der Waals surface area contributed by atoms with Gasteiger partial charge in [-0.3, -0.25) is 4.79 Å². The molecule has 0 unspecified atom stereocenters. The molecule has 0 amide bonds. The summed E-state index contributed by atoms with van der Waals surface area (Å²) in [6.45, 7) is 0.157. The Morgan fingerprint density at radius 3 is 2.95 bits per heavy atom. The van der Waals surface area contributed by atoms with E-state index in [0.29, 0.717) is 22.5 Å². The maximum absolute atomic E-state index is 14.0. The van der Waals surface area contributed by atoms with Crippen LogP contribution in [0, 0.1) is 5.82 Å². The largest absolute Gasteiger partial charge is 0.491 e. The average Bonchev–Trinajstić information content (AvgIpc) is 2.84. The van der Waals surface area contributed by atoms with Crippen LogP contribution in [0.2, 0.25) is 5.02 Å². The highest BCUT2D eigenvalue weighted by Crippen LogP contribution is 2.18. The molecular formula is C16H13BClFO3. The number of fused-ring (bicyclic) bond motifs is 1. The fourth-order valence-electron chi connectivity index (χ4n) is 2.54. The van der Waals surface area contributed by atoms with Crippen molar-refractivity contribution in [2.24, 2.45) is 0 Å². The van der Waals surface area contributed by atoms with Crippen LogP contribution in [0.5, 0.6) is 0 Å². The van der Waals surface area contributed by atoms with Gasteiger partial charge in [0.15, 0.2) is 5.78 Å². The Bertz CT molecular complexity index is 735. The van der Waals surface area contributed by atoms with Crippen molar-refractivity contribution in [1.82, 2.24) is 0 Å². The maximum atomic E-state index is 14.0. The van der Waals surface area contributed by atoms with Gasteiger partial charge in [-0.25, -0.2) is 4.39 Å². The third-order valence-electron chi connectivity index (χ3n) is 3.72. The number of hydrogen-bond donors (Lipinski definition) is 1. The van der Waals surface area contributed by atoms with E-state index in [4.69, 9.17) is 16.3 Å². The van der Waals surface area contributed by atoms with Crippen molar-refractivity contribution in [3.63, 3.8) is 0 Å². The van der Waals surface area contributed by atoms with E-state index < -0.39 is 12.9 Å². The SMILES string of the molecule is O=C(CCc1cccc(Cl)c1)c1cc2c(cc1F)COB2O. The molecule has 0 fully saturated rings. The molecule has 2 aromatic rings. The zero-order valence-electron chi connectivity index (χ0n) is 11.7. The molecule has 1 N–H and O–H groups in total. The standard InChI is InChI=1S/C16H13BClFO3/c18-12-3-1-2-10(6-12)4-5-16(20)13-8-14-11(7-15(13)19)9-22-17(14)21/h1-3,6-8,21H,4-5,9H2.